The first-order valence-electron chi connectivity index (χ1n) is 6.52. The molecule has 1 fully saturated rings. The second kappa shape index (κ2) is 5.60. The fourth-order valence-electron chi connectivity index (χ4n) is 2.44. The molecule has 0 aromatic heterocycles. The highest BCUT2D eigenvalue weighted by atomic mass is 35.5. The van der Waals surface area contributed by atoms with Crippen LogP contribution in [0.15, 0.2) is 12.1 Å². The van der Waals surface area contributed by atoms with Crippen molar-refractivity contribution in [2.45, 2.75) is 32.9 Å². The summed E-state index contributed by atoms with van der Waals surface area (Å²) >= 11 is 5.89. The van der Waals surface area contributed by atoms with Gasteiger partial charge in [-0.25, -0.2) is 8.78 Å². The van der Waals surface area contributed by atoms with Crippen LogP contribution in [0.25, 0.3) is 0 Å². The fraction of sp³-hybridized carbons (Fsp3) is 0.429. The monoisotopic (exact) mass is 316 g/mol. The topological polar surface area (TPSA) is 49.4 Å². The number of amides is 2. The van der Waals surface area contributed by atoms with E-state index in [1.807, 2.05) is 0 Å². The molecule has 4 nitrogen and oxygen atoms in total. The van der Waals surface area contributed by atoms with Crippen LogP contribution in [0, 0.1) is 17.6 Å². The lowest BCUT2D eigenvalue weighted by Crippen LogP contribution is -2.64. The highest BCUT2D eigenvalue weighted by Crippen LogP contribution is 2.34. The third-order valence-electron chi connectivity index (χ3n) is 3.37. The van der Waals surface area contributed by atoms with Crippen molar-refractivity contribution in [3.8, 4) is 0 Å². The molecule has 1 aliphatic rings. The average Bonchev–Trinajstić information content (AvgIpc) is 2.33. The Hall–Kier alpha value is -1.69. The zero-order chi connectivity index (χ0) is 15.9. The molecule has 114 valence electrons. The van der Waals surface area contributed by atoms with Crippen LogP contribution >= 0.6 is 11.6 Å². The number of piperazine rings is 1. The summed E-state index contributed by atoms with van der Waals surface area (Å²) in [4.78, 5) is 25.5. The van der Waals surface area contributed by atoms with E-state index in [1.165, 1.54) is 6.92 Å². The van der Waals surface area contributed by atoms with Crippen molar-refractivity contribution in [2.75, 3.05) is 4.90 Å². The Morgan fingerprint density at radius 3 is 2.43 bits per heavy atom. The summed E-state index contributed by atoms with van der Waals surface area (Å²) in [5.41, 5.74) is -0.261. The van der Waals surface area contributed by atoms with E-state index in [0.29, 0.717) is 6.07 Å². The quantitative estimate of drug-likeness (QED) is 0.911. The molecule has 0 spiro atoms. The minimum atomic E-state index is -0.971. The Bertz CT molecular complexity index is 584. The third kappa shape index (κ3) is 2.72. The predicted molar refractivity (Wildman–Crippen MR) is 75.1 cm³/mol. The van der Waals surface area contributed by atoms with E-state index in [0.717, 1.165) is 11.0 Å². The average molecular weight is 317 g/mol. The number of halogens is 3. The van der Waals surface area contributed by atoms with Gasteiger partial charge >= 0.3 is 0 Å². The maximum absolute atomic E-state index is 14.1. The summed E-state index contributed by atoms with van der Waals surface area (Å²) in [6, 6.07) is -0.135. The standard InChI is InChI=1S/C14H15ClF2N2O2/c1-6(2)11-13(20)18-7(3)14(21)19(11)12-9(15)4-8(16)5-10(12)17/h4-7,11H,1-3H3,(H,18,20). The number of nitrogens with one attached hydrogen (secondary N) is 1. The molecule has 1 N–H and O–H groups in total. The number of nitrogens with zero attached hydrogens (tertiary/aromatic N) is 1. The molecule has 2 amide bonds. The molecule has 7 heteroatoms. The minimum Gasteiger partial charge on any atom is -0.343 e. The van der Waals surface area contributed by atoms with Crippen molar-refractivity contribution in [3.05, 3.63) is 28.8 Å². The Morgan fingerprint density at radius 2 is 1.90 bits per heavy atom. The molecule has 1 saturated heterocycles. The van der Waals surface area contributed by atoms with Gasteiger partial charge in [-0.05, 0) is 18.9 Å². The molecule has 1 aromatic carbocycles. The molecule has 0 aliphatic carbocycles. The fourth-order valence-corrected chi connectivity index (χ4v) is 2.72. The molecule has 0 radical (unpaired) electrons. The summed E-state index contributed by atoms with van der Waals surface area (Å²) in [6.45, 7) is 4.96. The predicted octanol–water partition coefficient (Wildman–Crippen LogP) is 2.49. The molecule has 0 bridgehead atoms. The zero-order valence-corrected chi connectivity index (χ0v) is 12.5. The van der Waals surface area contributed by atoms with E-state index in [1.54, 1.807) is 13.8 Å². The van der Waals surface area contributed by atoms with Gasteiger partial charge in [0.2, 0.25) is 11.8 Å². The lowest BCUT2D eigenvalue weighted by atomic mass is 9.96. The van der Waals surface area contributed by atoms with Gasteiger partial charge in [0.05, 0.1) is 10.7 Å². The minimum absolute atomic E-state index is 0.242. The van der Waals surface area contributed by atoms with Gasteiger partial charge in [-0.15, -0.1) is 0 Å². The van der Waals surface area contributed by atoms with Gasteiger partial charge < -0.3 is 5.32 Å². The highest BCUT2D eigenvalue weighted by molar-refractivity contribution is 6.34. The first kappa shape index (κ1) is 15.7. The molecule has 1 aromatic rings. The van der Waals surface area contributed by atoms with E-state index < -0.39 is 35.5 Å². The van der Waals surface area contributed by atoms with Crippen LogP contribution in [0.2, 0.25) is 5.02 Å². The second-order valence-corrected chi connectivity index (χ2v) is 5.75. The molecular formula is C14H15ClF2N2O2. The molecule has 1 heterocycles. The third-order valence-corrected chi connectivity index (χ3v) is 3.66. The van der Waals surface area contributed by atoms with Crippen LogP contribution in [-0.2, 0) is 9.59 Å². The summed E-state index contributed by atoms with van der Waals surface area (Å²) in [5, 5.41) is 2.30. The van der Waals surface area contributed by atoms with Crippen molar-refractivity contribution in [1.82, 2.24) is 5.32 Å². The molecule has 2 atom stereocenters. The smallest absolute Gasteiger partial charge is 0.250 e. The van der Waals surface area contributed by atoms with Crippen LogP contribution in [0.4, 0.5) is 14.5 Å². The van der Waals surface area contributed by atoms with Crippen molar-refractivity contribution in [2.24, 2.45) is 5.92 Å². The van der Waals surface area contributed by atoms with E-state index in [2.05, 4.69) is 5.32 Å². The number of hydrogen-bond donors (Lipinski definition) is 1. The molecule has 1 aliphatic heterocycles. The number of anilines is 1. The van der Waals surface area contributed by atoms with Gasteiger partial charge in [0.15, 0.2) is 5.82 Å². The van der Waals surface area contributed by atoms with Crippen molar-refractivity contribution in [1.29, 1.82) is 0 Å². The summed E-state index contributed by atoms with van der Waals surface area (Å²) in [5.74, 6) is -2.95. The summed E-state index contributed by atoms with van der Waals surface area (Å²) in [7, 11) is 0. The van der Waals surface area contributed by atoms with E-state index >= 15 is 0 Å². The summed E-state index contributed by atoms with van der Waals surface area (Å²) in [6.07, 6.45) is 0. The van der Waals surface area contributed by atoms with Gasteiger partial charge in [-0.1, -0.05) is 25.4 Å². The van der Waals surface area contributed by atoms with Crippen molar-refractivity contribution in [3.63, 3.8) is 0 Å². The second-order valence-electron chi connectivity index (χ2n) is 5.35. The first-order valence-corrected chi connectivity index (χ1v) is 6.89. The van der Waals surface area contributed by atoms with Gasteiger partial charge in [0.1, 0.15) is 17.9 Å². The van der Waals surface area contributed by atoms with Gasteiger partial charge in [0.25, 0.3) is 0 Å². The van der Waals surface area contributed by atoms with Gasteiger partial charge in [-0.3, -0.25) is 14.5 Å². The van der Waals surface area contributed by atoms with Crippen LogP contribution in [0.5, 0.6) is 0 Å². The largest absolute Gasteiger partial charge is 0.343 e. The van der Waals surface area contributed by atoms with E-state index in [-0.39, 0.29) is 16.6 Å². The van der Waals surface area contributed by atoms with E-state index in [4.69, 9.17) is 11.6 Å². The Kier molecular flexibility index (Phi) is 4.18. The normalized spacial score (nSPS) is 22.7. The van der Waals surface area contributed by atoms with Crippen LogP contribution in [-0.4, -0.2) is 23.9 Å². The zero-order valence-electron chi connectivity index (χ0n) is 11.8. The van der Waals surface area contributed by atoms with Crippen LogP contribution in [0.1, 0.15) is 20.8 Å². The number of hydrogen-bond acceptors (Lipinski definition) is 2. The summed E-state index contributed by atoms with van der Waals surface area (Å²) < 4.78 is 27.3. The Balaban J connectivity index is 2.61. The first-order chi connectivity index (χ1) is 9.73. The Morgan fingerprint density at radius 1 is 1.29 bits per heavy atom. The Labute approximate surface area is 126 Å². The van der Waals surface area contributed by atoms with Crippen LogP contribution < -0.4 is 10.2 Å². The lowest BCUT2D eigenvalue weighted by Gasteiger charge is -2.40. The molecular weight excluding hydrogens is 302 g/mol. The van der Waals surface area contributed by atoms with Gasteiger partial charge in [-0.2, -0.15) is 0 Å². The highest BCUT2D eigenvalue weighted by Gasteiger charge is 2.42. The SMILES string of the molecule is CC1NC(=O)C(C(C)C)N(c2c(F)cc(F)cc2Cl)C1=O. The number of benzene rings is 1. The van der Waals surface area contributed by atoms with Gasteiger partial charge in [0, 0.05) is 6.07 Å². The van der Waals surface area contributed by atoms with Crippen LogP contribution in [0.3, 0.4) is 0 Å². The number of rotatable bonds is 2. The number of carbonyl (C=O) groups excluding carboxylic acids is 2. The molecule has 21 heavy (non-hydrogen) atoms. The molecule has 2 rings (SSSR count). The maximum atomic E-state index is 14.1. The van der Waals surface area contributed by atoms with E-state index in [9.17, 15) is 18.4 Å². The maximum Gasteiger partial charge on any atom is 0.250 e. The molecule has 2 unspecified atom stereocenters. The van der Waals surface area contributed by atoms with Crippen molar-refractivity contribution < 1.29 is 18.4 Å². The van der Waals surface area contributed by atoms with Crippen molar-refractivity contribution >= 4 is 29.1 Å². The number of carbonyl (C=O) groups is 2. The lowest BCUT2D eigenvalue weighted by molar-refractivity contribution is -0.134. The molecule has 0 saturated carbocycles.